The van der Waals surface area contributed by atoms with Crippen LogP contribution in [0.5, 0.6) is 0 Å². The second kappa shape index (κ2) is 9.10. The van der Waals surface area contributed by atoms with Crippen LogP contribution in [-0.4, -0.2) is 51.5 Å². The predicted molar refractivity (Wildman–Crippen MR) is 125 cm³/mol. The monoisotopic (exact) mass is 431 g/mol. The molecule has 2 saturated heterocycles. The molecule has 0 radical (unpaired) electrons. The Morgan fingerprint density at radius 1 is 0.938 bits per heavy atom. The maximum atomic E-state index is 13.5. The third kappa shape index (κ3) is 4.11. The zero-order valence-corrected chi connectivity index (χ0v) is 18.3. The standard InChI is InChI=1S/C25H29N5O2/c31-24(29-14-5-2-6-15-29)20-11-16-28(17-12-20)23-25(32)30(18-19-8-3-1-4-9-19)22-21(27-23)10-7-13-26-22/h1,3-4,7-10,13,20H,2,5-6,11-12,14-18H2. The molecule has 7 nitrogen and oxygen atoms in total. The summed E-state index contributed by atoms with van der Waals surface area (Å²) in [5.74, 6) is 0.810. The Morgan fingerprint density at radius 3 is 2.44 bits per heavy atom. The molecule has 0 atom stereocenters. The van der Waals surface area contributed by atoms with Gasteiger partial charge in [-0.15, -0.1) is 0 Å². The van der Waals surface area contributed by atoms with Gasteiger partial charge in [0.2, 0.25) is 5.91 Å². The lowest BCUT2D eigenvalue weighted by molar-refractivity contribution is -0.137. The fourth-order valence-electron chi connectivity index (χ4n) is 4.89. The van der Waals surface area contributed by atoms with Gasteiger partial charge in [-0.25, -0.2) is 9.97 Å². The summed E-state index contributed by atoms with van der Waals surface area (Å²) in [6, 6.07) is 13.7. The van der Waals surface area contributed by atoms with Gasteiger partial charge in [0.15, 0.2) is 11.5 Å². The van der Waals surface area contributed by atoms with Gasteiger partial charge in [0.1, 0.15) is 5.52 Å². The summed E-state index contributed by atoms with van der Waals surface area (Å²) < 4.78 is 1.72. The van der Waals surface area contributed by atoms with Gasteiger partial charge in [-0.2, -0.15) is 0 Å². The van der Waals surface area contributed by atoms with Crippen LogP contribution in [0, 0.1) is 5.92 Å². The van der Waals surface area contributed by atoms with Crippen LogP contribution in [0.2, 0.25) is 0 Å². The van der Waals surface area contributed by atoms with Crippen molar-refractivity contribution in [3.63, 3.8) is 0 Å². The zero-order valence-electron chi connectivity index (χ0n) is 18.3. The van der Waals surface area contributed by atoms with Crippen LogP contribution in [0.3, 0.4) is 0 Å². The highest BCUT2D eigenvalue weighted by Gasteiger charge is 2.30. The maximum Gasteiger partial charge on any atom is 0.295 e. The number of carbonyl (C=O) groups excluding carboxylic acids is 1. The van der Waals surface area contributed by atoms with Gasteiger partial charge in [-0.05, 0) is 49.8 Å². The molecule has 4 heterocycles. The Bertz CT molecular complexity index is 1150. The molecule has 1 aromatic carbocycles. The molecule has 0 bridgehead atoms. The minimum absolute atomic E-state index is 0.0537. The van der Waals surface area contributed by atoms with E-state index in [2.05, 4.69) is 9.88 Å². The average Bonchev–Trinajstić information content (AvgIpc) is 2.86. The minimum Gasteiger partial charge on any atom is -0.352 e. The molecule has 5 rings (SSSR count). The highest BCUT2D eigenvalue weighted by atomic mass is 16.2. The molecule has 2 aromatic heterocycles. The van der Waals surface area contributed by atoms with Crippen molar-refractivity contribution in [2.24, 2.45) is 5.92 Å². The van der Waals surface area contributed by atoms with Crippen molar-refractivity contribution in [3.05, 3.63) is 64.6 Å². The number of amides is 1. The first kappa shape index (κ1) is 20.7. The largest absolute Gasteiger partial charge is 0.352 e. The number of nitrogens with zero attached hydrogens (tertiary/aromatic N) is 5. The summed E-state index contributed by atoms with van der Waals surface area (Å²) in [6.07, 6.45) is 6.67. The Balaban J connectivity index is 1.39. The van der Waals surface area contributed by atoms with Gasteiger partial charge in [-0.3, -0.25) is 14.2 Å². The highest BCUT2D eigenvalue weighted by molar-refractivity contribution is 5.79. The van der Waals surface area contributed by atoms with Crippen molar-refractivity contribution in [1.29, 1.82) is 0 Å². The summed E-state index contributed by atoms with van der Waals surface area (Å²) >= 11 is 0. The van der Waals surface area contributed by atoms with Crippen molar-refractivity contribution in [2.45, 2.75) is 38.6 Å². The number of aromatic nitrogens is 3. The van der Waals surface area contributed by atoms with Crippen LogP contribution >= 0.6 is 0 Å². The molecule has 0 aliphatic carbocycles. The van der Waals surface area contributed by atoms with E-state index < -0.39 is 0 Å². The second-order valence-corrected chi connectivity index (χ2v) is 8.81. The summed E-state index contributed by atoms with van der Waals surface area (Å²) in [7, 11) is 0. The molecule has 0 spiro atoms. The summed E-state index contributed by atoms with van der Waals surface area (Å²) in [6.45, 7) is 3.57. The molecular formula is C25H29N5O2. The summed E-state index contributed by atoms with van der Waals surface area (Å²) in [5, 5.41) is 0. The van der Waals surface area contributed by atoms with E-state index in [0.717, 1.165) is 44.3 Å². The van der Waals surface area contributed by atoms with E-state index in [4.69, 9.17) is 4.98 Å². The molecule has 32 heavy (non-hydrogen) atoms. The van der Waals surface area contributed by atoms with E-state index in [1.54, 1.807) is 10.8 Å². The van der Waals surface area contributed by atoms with Crippen molar-refractivity contribution in [3.8, 4) is 0 Å². The fourth-order valence-corrected chi connectivity index (χ4v) is 4.89. The molecule has 166 valence electrons. The number of benzene rings is 1. The molecule has 2 aliphatic heterocycles. The van der Waals surface area contributed by atoms with Crippen LogP contribution in [0.25, 0.3) is 11.2 Å². The van der Waals surface area contributed by atoms with E-state index in [9.17, 15) is 9.59 Å². The van der Waals surface area contributed by atoms with Gasteiger partial charge in [0.05, 0.1) is 6.54 Å². The normalized spacial score (nSPS) is 17.6. The number of piperidine rings is 2. The smallest absolute Gasteiger partial charge is 0.295 e. The van der Waals surface area contributed by atoms with E-state index in [1.807, 2.05) is 47.4 Å². The molecule has 0 N–H and O–H groups in total. The van der Waals surface area contributed by atoms with Gasteiger partial charge in [0.25, 0.3) is 5.56 Å². The molecule has 7 heteroatoms. The molecule has 0 unspecified atom stereocenters. The van der Waals surface area contributed by atoms with Crippen molar-refractivity contribution in [2.75, 3.05) is 31.1 Å². The number of hydrogen-bond acceptors (Lipinski definition) is 5. The number of rotatable bonds is 4. The predicted octanol–water partition coefficient (Wildman–Crippen LogP) is 3.07. The fraction of sp³-hybridized carbons (Fsp3) is 0.440. The first-order valence-electron chi connectivity index (χ1n) is 11.6. The Morgan fingerprint density at radius 2 is 1.69 bits per heavy atom. The summed E-state index contributed by atoms with van der Waals surface area (Å²) in [5.41, 5.74) is 2.23. The van der Waals surface area contributed by atoms with E-state index in [0.29, 0.717) is 42.5 Å². The molecule has 2 aliphatic rings. The van der Waals surface area contributed by atoms with Crippen LogP contribution < -0.4 is 10.5 Å². The van der Waals surface area contributed by atoms with E-state index in [1.165, 1.54) is 6.42 Å². The van der Waals surface area contributed by atoms with Gasteiger partial charge in [-0.1, -0.05) is 30.3 Å². The second-order valence-electron chi connectivity index (χ2n) is 8.81. The molecule has 3 aromatic rings. The van der Waals surface area contributed by atoms with Crippen molar-refractivity contribution in [1.82, 2.24) is 19.4 Å². The molecule has 2 fully saturated rings. The average molecular weight is 432 g/mol. The lowest BCUT2D eigenvalue weighted by Gasteiger charge is -2.36. The lowest BCUT2D eigenvalue weighted by atomic mass is 9.94. The van der Waals surface area contributed by atoms with Crippen molar-refractivity contribution >= 4 is 22.9 Å². The summed E-state index contributed by atoms with van der Waals surface area (Å²) in [4.78, 5) is 39.6. The highest BCUT2D eigenvalue weighted by Crippen LogP contribution is 2.24. The molecule has 0 saturated carbocycles. The third-order valence-electron chi connectivity index (χ3n) is 6.68. The number of carbonyl (C=O) groups is 1. The lowest BCUT2D eigenvalue weighted by Crippen LogP contribution is -2.45. The first-order chi connectivity index (χ1) is 15.7. The number of likely N-dealkylation sites (tertiary alicyclic amines) is 1. The Labute approximate surface area is 187 Å². The van der Waals surface area contributed by atoms with E-state index >= 15 is 0 Å². The van der Waals surface area contributed by atoms with Crippen LogP contribution in [0.4, 0.5) is 5.82 Å². The van der Waals surface area contributed by atoms with Gasteiger partial charge < -0.3 is 9.80 Å². The topological polar surface area (TPSA) is 71.3 Å². The minimum atomic E-state index is -0.124. The van der Waals surface area contributed by atoms with Gasteiger partial charge in [0, 0.05) is 38.3 Å². The van der Waals surface area contributed by atoms with E-state index in [-0.39, 0.29) is 11.5 Å². The van der Waals surface area contributed by atoms with Crippen LogP contribution in [-0.2, 0) is 11.3 Å². The number of fused-ring (bicyclic) bond motifs is 1. The van der Waals surface area contributed by atoms with Crippen molar-refractivity contribution < 1.29 is 4.79 Å². The van der Waals surface area contributed by atoms with Gasteiger partial charge >= 0.3 is 0 Å². The first-order valence-corrected chi connectivity index (χ1v) is 11.6. The number of hydrogen-bond donors (Lipinski definition) is 0. The van der Waals surface area contributed by atoms with Crippen LogP contribution in [0.1, 0.15) is 37.7 Å². The zero-order chi connectivity index (χ0) is 21.9. The Kier molecular flexibility index (Phi) is 5.88. The number of anilines is 1. The third-order valence-corrected chi connectivity index (χ3v) is 6.68. The quantitative estimate of drug-likeness (QED) is 0.635. The number of pyridine rings is 1. The molecular weight excluding hydrogens is 402 g/mol. The maximum absolute atomic E-state index is 13.5. The SMILES string of the molecule is O=C(C1CCN(c2nc3cccnc3n(Cc3ccccc3)c2=O)CC1)N1CCCCC1. The Hall–Kier alpha value is -3.22. The molecule has 1 amide bonds. The van der Waals surface area contributed by atoms with Crippen LogP contribution in [0.15, 0.2) is 53.5 Å².